The minimum Gasteiger partial charge on any atom is -0.491 e. The predicted molar refractivity (Wildman–Crippen MR) is 106 cm³/mol. The van der Waals surface area contributed by atoms with E-state index in [0.717, 1.165) is 4.31 Å². The number of ether oxygens (including phenoxy) is 1. The number of rotatable bonds is 8. The first-order valence-electron chi connectivity index (χ1n) is 8.16. The number of hydrogen-bond donors (Lipinski definition) is 2. The summed E-state index contributed by atoms with van der Waals surface area (Å²) in [7, 11) is -0.940. The fraction of sp³-hybridized carbons (Fsp3) is 0.222. The molecule has 0 saturated heterocycles. The molecule has 28 heavy (non-hydrogen) atoms. The normalized spacial score (nSPS) is 11.3. The van der Waals surface area contributed by atoms with Crippen LogP contribution in [0.2, 0.25) is 5.02 Å². The summed E-state index contributed by atoms with van der Waals surface area (Å²) in [6.45, 7) is 0.0551. The number of sulfonamides is 1. The molecule has 0 saturated carbocycles. The summed E-state index contributed by atoms with van der Waals surface area (Å²) in [4.78, 5) is 23.5. The summed E-state index contributed by atoms with van der Waals surface area (Å²) in [6, 6.07) is 10.5. The zero-order valence-electron chi connectivity index (χ0n) is 15.3. The molecular weight excluding hydrogens is 406 g/mol. The molecular formula is C18H20ClN3O5S. The van der Waals surface area contributed by atoms with Crippen molar-refractivity contribution in [2.24, 2.45) is 5.73 Å². The van der Waals surface area contributed by atoms with E-state index in [0.29, 0.717) is 11.4 Å². The summed E-state index contributed by atoms with van der Waals surface area (Å²) in [6.07, 6.45) is 0.0263. The van der Waals surface area contributed by atoms with Gasteiger partial charge in [-0.25, -0.2) is 12.7 Å². The van der Waals surface area contributed by atoms with Gasteiger partial charge in [0.25, 0.3) is 5.91 Å². The van der Waals surface area contributed by atoms with Crippen molar-refractivity contribution in [1.29, 1.82) is 0 Å². The summed E-state index contributed by atoms with van der Waals surface area (Å²) in [5, 5.41) is 2.74. The molecule has 8 nitrogen and oxygen atoms in total. The van der Waals surface area contributed by atoms with E-state index in [1.54, 1.807) is 24.3 Å². The molecule has 0 aliphatic rings. The zero-order chi connectivity index (χ0) is 20.9. The molecule has 2 amide bonds. The number of halogens is 1. The Labute approximate surface area is 168 Å². The number of nitrogens with zero attached hydrogens (tertiary/aromatic N) is 1. The number of nitrogens with one attached hydrogen (secondary N) is 1. The van der Waals surface area contributed by atoms with Gasteiger partial charge in [-0.05, 0) is 30.3 Å². The van der Waals surface area contributed by atoms with E-state index in [1.165, 1.54) is 32.3 Å². The van der Waals surface area contributed by atoms with Gasteiger partial charge in [0.2, 0.25) is 15.9 Å². The van der Waals surface area contributed by atoms with Gasteiger partial charge < -0.3 is 15.8 Å². The van der Waals surface area contributed by atoms with Crippen LogP contribution >= 0.6 is 11.6 Å². The second-order valence-corrected chi connectivity index (χ2v) is 8.50. The van der Waals surface area contributed by atoms with E-state index >= 15 is 0 Å². The van der Waals surface area contributed by atoms with Gasteiger partial charge in [0.05, 0.1) is 34.2 Å². The highest BCUT2D eigenvalue weighted by molar-refractivity contribution is 7.89. The van der Waals surface area contributed by atoms with Crippen LogP contribution in [0.15, 0.2) is 47.4 Å². The number of benzene rings is 2. The average Bonchev–Trinajstić information content (AvgIpc) is 2.62. The summed E-state index contributed by atoms with van der Waals surface area (Å²) in [5.41, 5.74) is 5.42. The van der Waals surface area contributed by atoms with Crippen molar-refractivity contribution in [3.63, 3.8) is 0 Å². The zero-order valence-corrected chi connectivity index (χ0v) is 16.9. The van der Waals surface area contributed by atoms with Crippen LogP contribution in [0.5, 0.6) is 5.75 Å². The highest BCUT2D eigenvalue weighted by atomic mass is 35.5. The average molecular weight is 426 g/mol. The molecule has 150 valence electrons. The number of hydrogen-bond acceptors (Lipinski definition) is 5. The van der Waals surface area contributed by atoms with E-state index in [-0.39, 0.29) is 28.5 Å². The minimum absolute atomic E-state index is 0.00321. The van der Waals surface area contributed by atoms with Crippen molar-refractivity contribution in [2.75, 3.05) is 26.0 Å². The van der Waals surface area contributed by atoms with Gasteiger partial charge in [-0.2, -0.15) is 0 Å². The second kappa shape index (κ2) is 9.05. The smallest absolute Gasteiger partial charge is 0.257 e. The van der Waals surface area contributed by atoms with Crippen LogP contribution in [0.25, 0.3) is 0 Å². The molecule has 0 radical (unpaired) electrons. The summed E-state index contributed by atoms with van der Waals surface area (Å²) >= 11 is 6.09. The lowest BCUT2D eigenvalue weighted by Gasteiger charge is -2.14. The van der Waals surface area contributed by atoms with Crippen LogP contribution in [-0.4, -0.2) is 45.2 Å². The Hall–Kier alpha value is -2.62. The Morgan fingerprint density at radius 1 is 1.18 bits per heavy atom. The maximum atomic E-state index is 12.7. The van der Waals surface area contributed by atoms with Gasteiger partial charge in [-0.3, -0.25) is 9.59 Å². The fourth-order valence-corrected chi connectivity index (χ4v) is 3.33. The third-order valence-electron chi connectivity index (χ3n) is 3.70. The van der Waals surface area contributed by atoms with Crippen molar-refractivity contribution in [3.8, 4) is 5.75 Å². The Balaban J connectivity index is 2.28. The van der Waals surface area contributed by atoms with Crippen LogP contribution in [-0.2, 0) is 14.8 Å². The largest absolute Gasteiger partial charge is 0.491 e. The van der Waals surface area contributed by atoms with Crippen LogP contribution in [0.3, 0.4) is 0 Å². The van der Waals surface area contributed by atoms with Crippen LogP contribution in [0.4, 0.5) is 5.69 Å². The first kappa shape index (κ1) is 21.7. The van der Waals surface area contributed by atoms with Crippen molar-refractivity contribution in [1.82, 2.24) is 4.31 Å². The van der Waals surface area contributed by atoms with Gasteiger partial charge in [0.1, 0.15) is 5.75 Å². The molecule has 2 aromatic carbocycles. The Kier molecular flexibility index (Phi) is 7.00. The first-order valence-corrected chi connectivity index (χ1v) is 9.98. The van der Waals surface area contributed by atoms with Gasteiger partial charge in [0, 0.05) is 14.1 Å². The molecule has 0 heterocycles. The highest BCUT2D eigenvalue weighted by Crippen LogP contribution is 2.27. The molecule has 0 aliphatic heterocycles. The van der Waals surface area contributed by atoms with Gasteiger partial charge >= 0.3 is 0 Å². The molecule has 0 bridgehead atoms. The van der Waals surface area contributed by atoms with Crippen molar-refractivity contribution in [2.45, 2.75) is 11.3 Å². The number of amides is 2. The van der Waals surface area contributed by atoms with Crippen LogP contribution in [0, 0.1) is 0 Å². The molecule has 2 aromatic rings. The Bertz CT molecular complexity index is 992. The molecule has 0 aromatic heterocycles. The number of carbonyl (C=O) groups excluding carboxylic acids is 2. The highest BCUT2D eigenvalue weighted by Gasteiger charge is 2.21. The Morgan fingerprint density at radius 2 is 1.86 bits per heavy atom. The number of primary amides is 1. The molecule has 2 rings (SSSR count). The van der Waals surface area contributed by atoms with Gasteiger partial charge in [-0.15, -0.1) is 0 Å². The third-order valence-corrected chi connectivity index (χ3v) is 5.84. The molecule has 3 N–H and O–H groups in total. The second-order valence-electron chi connectivity index (χ2n) is 5.94. The number of para-hydroxylation sites is 2. The minimum atomic E-state index is -3.72. The molecule has 0 unspecified atom stereocenters. The van der Waals surface area contributed by atoms with E-state index in [4.69, 9.17) is 22.1 Å². The Morgan fingerprint density at radius 3 is 2.50 bits per heavy atom. The van der Waals surface area contributed by atoms with Crippen molar-refractivity contribution >= 4 is 39.1 Å². The van der Waals surface area contributed by atoms with Crippen molar-refractivity contribution in [3.05, 3.63) is 53.1 Å². The quantitative estimate of drug-likeness (QED) is 0.671. The van der Waals surface area contributed by atoms with Crippen LogP contribution in [0.1, 0.15) is 16.8 Å². The van der Waals surface area contributed by atoms with Gasteiger partial charge in [-0.1, -0.05) is 23.7 Å². The van der Waals surface area contributed by atoms with E-state index < -0.39 is 21.8 Å². The monoisotopic (exact) mass is 425 g/mol. The van der Waals surface area contributed by atoms with Gasteiger partial charge in [0.15, 0.2) is 0 Å². The van der Waals surface area contributed by atoms with Crippen LogP contribution < -0.4 is 15.8 Å². The van der Waals surface area contributed by atoms with E-state index in [1.807, 2.05) is 0 Å². The third kappa shape index (κ3) is 5.22. The first-order chi connectivity index (χ1) is 13.1. The number of anilines is 1. The standard InChI is InChI=1S/C18H20ClN3O5S/c1-22(2)28(25,26)12-7-8-14(19)13(11-12)18(24)21-15-5-3-4-6-16(15)27-10-9-17(20)23/h3-8,11H,9-10H2,1-2H3,(H2,20,23)(H,21,24). The number of nitrogens with two attached hydrogens (primary N) is 1. The topological polar surface area (TPSA) is 119 Å². The predicted octanol–water partition coefficient (Wildman–Crippen LogP) is 2.10. The molecule has 0 fully saturated rings. The lowest BCUT2D eigenvalue weighted by atomic mass is 10.2. The molecule has 0 atom stereocenters. The van der Waals surface area contributed by atoms with E-state index in [2.05, 4.69) is 5.32 Å². The summed E-state index contributed by atoms with van der Waals surface area (Å²) in [5.74, 6) is -0.774. The summed E-state index contributed by atoms with van der Waals surface area (Å²) < 4.78 is 31.1. The van der Waals surface area contributed by atoms with Crippen molar-refractivity contribution < 1.29 is 22.7 Å². The fourth-order valence-electron chi connectivity index (χ4n) is 2.20. The SMILES string of the molecule is CN(C)S(=O)(=O)c1ccc(Cl)c(C(=O)Nc2ccccc2OCCC(N)=O)c1. The lowest BCUT2D eigenvalue weighted by molar-refractivity contribution is -0.118. The molecule has 0 spiro atoms. The maximum absolute atomic E-state index is 12.7. The maximum Gasteiger partial charge on any atom is 0.257 e. The van der Waals surface area contributed by atoms with E-state index in [9.17, 15) is 18.0 Å². The molecule has 0 aliphatic carbocycles. The molecule has 10 heteroatoms. The lowest BCUT2D eigenvalue weighted by Crippen LogP contribution is -2.23. The number of carbonyl (C=O) groups is 2.